The van der Waals surface area contributed by atoms with Crippen molar-refractivity contribution >= 4 is 0 Å². The zero-order valence-corrected chi connectivity index (χ0v) is 8.11. The van der Waals surface area contributed by atoms with Crippen molar-refractivity contribution in [2.24, 2.45) is 11.8 Å². The first kappa shape index (κ1) is 10.7. The van der Waals surface area contributed by atoms with Crippen LogP contribution >= 0.6 is 0 Å². The highest BCUT2D eigenvalue weighted by molar-refractivity contribution is 4.76. The Balaban J connectivity index is 2.35. The van der Waals surface area contributed by atoms with Gasteiger partial charge in [-0.2, -0.15) is 10.5 Å². The normalized spacial score (nSPS) is 25.9. The van der Waals surface area contributed by atoms with Crippen LogP contribution in [0.25, 0.3) is 0 Å². The largest absolute Gasteiger partial charge is 0.427 e. The molecule has 4 nitrogen and oxygen atoms in total. The molecular weight excluding hydrogens is 180 g/mol. The Hall–Kier alpha value is -1.42. The molecule has 1 rings (SSSR count). The van der Waals surface area contributed by atoms with Gasteiger partial charge in [0.25, 0.3) is 12.5 Å². The van der Waals surface area contributed by atoms with Crippen LogP contribution in [0, 0.1) is 34.9 Å². The van der Waals surface area contributed by atoms with Gasteiger partial charge in [-0.05, 0) is 12.8 Å². The van der Waals surface area contributed by atoms with Gasteiger partial charge in [0, 0.05) is 11.8 Å². The van der Waals surface area contributed by atoms with E-state index in [9.17, 15) is 0 Å². The van der Waals surface area contributed by atoms with E-state index in [1.165, 1.54) is 12.8 Å². The van der Waals surface area contributed by atoms with Gasteiger partial charge in [-0.15, -0.1) is 0 Å². The molecule has 0 saturated heterocycles. The first-order chi connectivity index (χ1) is 6.88. The summed E-state index contributed by atoms with van der Waals surface area (Å²) in [6.07, 6.45) is 7.88. The van der Waals surface area contributed by atoms with E-state index in [1.54, 1.807) is 12.5 Å². The van der Waals surface area contributed by atoms with Gasteiger partial charge in [0.2, 0.25) is 0 Å². The second-order valence-corrected chi connectivity index (χ2v) is 3.61. The number of nitriles is 2. The van der Waals surface area contributed by atoms with Crippen LogP contribution in [0.4, 0.5) is 0 Å². The van der Waals surface area contributed by atoms with Crippen molar-refractivity contribution in [1.29, 1.82) is 10.5 Å². The molecule has 1 fully saturated rings. The number of hydrogen-bond acceptors (Lipinski definition) is 4. The van der Waals surface area contributed by atoms with Crippen molar-refractivity contribution < 1.29 is 9.47 Å². The third-order valence-electron chi connectivity index (χ3n) is 2.79. The van der Waals surface area contributed by atoms with E-state index in [4.69, 9.17) is 20.0 Å². The van der Waals surface area contributed by atoms with E-state index >= 15 is 0 Å². The first-order valence-electron chi connectivity index (χ1n) is 4.90. The van der Waals surface area contributed by atoms with Crippen molar-refractivity contribution in [2.45, 2.75) is 25.7 Å². The zero-order valence-electron chi connectivity index (χ0n) is 8.11. The predicted octanol–water partition coefficient (Wildman–Crippen LogP) is 1.79. The molecule has 1 saturated carbocycles. The van der Waals surface area contributed by atoms with E-state index in [2.05, 4.69) is 0 Å². The van der Waals surface area contributed by atoms with Crippen molar-refractivity contribution in [2.75, 3.05) is 13.2 Å². The van der Waals surface area contributed by atoms with Crippen LogP contribution in [0.2, 0.25) is 0 Å². The summed E-state index contributed by atoms with van der Waals surface area (Å²) >= 11 is 0. The van der Waals surface area contributed by atoms with Crippen LogP contribution < -0.4 is 0 Å². The molecular formula is C10H14N2O2. The maximum atomic E-state index is 8.30. The molecule has 0 radical (unpaired) electrons. The lowest BCUT2D eigenvalue weighted by atomic mass is 9.80. The number of rotatable bonds is 4. The minimum atomic E-state index is 0.372. The summed E-state index contributed by atoms with van der Waals surface area (Å²) in [6.45, 7) is 0.936. The molecule has 0 N–H and O–H groups in total. The van der Waals surface area contributed by atoms with Crippen LogP contribution in [0.15, 0.2) is 0 Å². The fourth-order valence-corrected chi connectivity index (χ4v) is 2.01. The summed E-state index contributed by atoms with van der Waals surface area (Å²) in [5.74, 6) is 0.744. The van der Waals surface area contributed by atoms with E-state index in [0.717, 1.165) is 12.8 Å². The molecule has 14 heavy (non-hydrogen) atoms. The molecule has 1 aliphatic rings. The highest BCUT2D eigenvalue weighted by atomic mass is 16.5. The highest BCUT2D eigenvalue weighted by Gasteiger charge is 2.26. The summed E-state index contributed by atoms with van der Waals surface area (Å²) < 4.78 is 9.50. The molecule has 0 aromatic rings. The molecule has 0 heterocycles. The topological polar surface area (TPSA) is 66.0 Å². The molecule has 0 aliphatic heterocycles. The average Bonchev–Trinajstić information content (AvgIpc) is 2.24. The smallest absolute Gasteiger partial charge is 0.286 e. The lowest BCUT2D eigenvalue weighted by Gasteiger charge is -2.29. The van der Waals surface area contributed by atoms with Crippen molar-refractivity contribution in [1.82, 2.24) is 0 Å². The highest BCUT2D eigenvalue weighted by Crippen LogP contribution is 2.30. The maximum Gasteiger partial charge on any atom is 0.286 e. The Morgan fingerprint density at radius 3 is 1.71 bits per heavy atom. The quantitative estimate of drug-likeness (QED) is 0.640. The van der Waals surface area contributed by atoms with Gasteiger partial charge in [-0.1, -0.05) is 12.8 Å². The summed E-state index contributed by atoms with van der Waals surface area (Å²) in [7, 11) is 0. The molecule has 1 aliphatic carbocycles. The van der Waals surface area contributed by atoms with Gasteiger partial charge in [-0.3, -0.25) is 0 Å². The second kappa shape index (κ2) is 6.10. The Morgan fingerprint density at radius 2 is 1.36 bits per heavy atom. The second-order valence-electron chi connectivity index (χ2n) is 3.61. The third kappa shape index (κ3) is 3.14. The standard InChI is InChI=1S/C10H14N2O2/c11-7-13-5-9-3-1-2-4-10(9)6-14-8-12/h9-10H,1-6H2. The van der Waals surface area contributed by atoms with Gasteiger partial charge in [0.05, 0.1) is 0 Å². The summed E-state index contributed by atoms with van der Waals surface area (Å²) in [6, 6.07) is 0. The van der Waals surface area contributed by atoms with Gasteiger partial charge in [0.15, 0.2) is 0 Å². The van der Waals surface area contributed by atoms with Gasteiger partial charge < -0.3 is 9.47 Å². The molecule has 0 amide bonds. The molecule has 0 bridgehead atoms. The van der Waals surface area contributed by atoms with Crippen molar-refractivity contribution in [3.8, 4) is 12.5 Å². The molecule has 0 spiro atoms. The minimum absolute atomic E-state index is 0.372. The van der Waals surface area contributed by atoms with E-state index in [-0.39, 0.29) is 0 Å². The van der Waals surface area contributed by atoms with Crippen LogP contribution in [0.5, 0.6) is 0 Å². The molecule has 76 valence electrons. The van der Waals surface area contributed by atoms with Crippen molar-refractivity contribution in [3.63, 3.8) is 0 Å². The molecule has 4 heteroatoms. The van der Waals surface area contributed by atoms with Crippen LogP contribution in [-0.2, 0) is 9.47 Å². The van der Waals surface area contributed by atoms with E-state index in [1.807, 2.05) is 0 Å². The molecule has 2 unspecified atom stereocenters. The Kier molecular flexibility index (Phi) is 4.64. The van der Waals surface area contributed by atoms with Gasteiger partial charge in [0.1, 0.15) is 13.2 Å². The fourth-order valence-electron chi connectivity index (χ4n) is 2.01. The van der Waals surface area contributed by atoms with Gasteiger partial charge in [-0.25, -0.2) is 0 Å². The minimum Gasteiger partial charge on any atom is -0.427 e. The number of ether oxygens (including phenoxy) is 2. The number of hydrogen-bond donors (Lipinski definition) is 0. The number of nitrogens with zero attached hydrogens (tertiary/aromatic N) is 2. The van der Waals surface area contributed by atoms with E-state index in [0.29, 0.717) is 25.0 Å². The summed E-state index contributed by atoms with van der Waals surface area (Å²) in [5, 5.41) is 16.6. The monoisotopic (exact) mass is 194 g/mol. The maximum absolute atomic E-state index is 8.30. The molecule has 0 aromatic heterocycles. The van der Waals surface area contributed by atoms with Gasteiger partial charge >= 0.3 is 0 Å². The first-order valence-corrected chi connectivity index (χ1v) is 4.90. The molecule has 0 aromatic carbocycles. The zero-order chi connectivity index (χ0) is 10.2. The van der Waals surface area contributed by atoms with Crippen LogP contribution in [0.1, 0.15) is 25.7 Å². The molecule has 2 atom stereocenters. The lowest BCUT2D eigenvalue weighted by molar-refractivity contribution is 0.0815. The third-order valence-corrected chi connectivity index (χ3v) is 2.79. The summed E-state index contributed by atoms with van der Waals surface area (Å²) in [4.78, 5) is 0. The lowest BCUT2D eigenvalue weighted by Crippen LogP contribution is -2.26. The summed E-state index contributed by atoms with van der Waals surface area (Å²) in [5.41, 5.74) is 0. The average molecular weight is 194 g/mol. The van der Waals surface area contributed by atoms with Crippen LogP contribution in [0.3, 0.4) is 0 Å². The fraction of sp³-hybridized carbons (Fsp3) is 0.800. The Morgan fingerprint density at radius 1 is 0.929 bits per heavy atom. The SMILES string of the molecule is N#COCC1CCCCC1COC#N. The Labute approximate surface area is 84.0 Å². The predicted molar refractivity (Wildman–Crippen MR) is 48.6 cm³/mol. The van der Waals surface area contributed by atoms with Crippen LogP contribution in [-0.4, -0.2) is 13.2 Å². The van der Waals surface area contributed by atoms with Crippen molar-refractivity contribution in [3.05, 3.63) is 0 Å². The van der Waals surface area contributed by atoms with E-state index < -0.39 is 0 Å². The Bertz CT molecular complexity index is 215.